The number of ether oxygens (including phenoxy) is 2. The predicted octanol–water partition coefficient (Wildman–Crippen LogP) is 7.77. The molecule has 35 heavy (non-hydrogen) atoms. The van der Waals surface area contributed by atoms with Gasteiger partial charge in [-0.3, -0.25) is 4.79 Å². The van der Waals surface area contributed by atoms with Crippen molar-refractivity contribution in [3.63, 3.8) is 0 Å². The standard InChI is InChI=1S/C30H29IO4/c1-2-3-4-5-22-34-27-16-6-24(7-17-27)11-21-30(33)35-28-18-8-23(9-19-28)10-20-29(32)25-12-14-26(31)15-13-25/h6-21H,2-5,22H2,1H3/b20-10+,21-11+. The average Bonchev–Trinajstić information content (AvgIpc) is 2.88. The van der Waals surface area contributed by atoms with Crippen LogP contribution in [0.4, 0.5) is 0 Å². The Labute approximate surface area is 220 Å². The van der Waals surface area contributed by atoms with E-state index in [-0.39, 0.29) is 5.78 Å². The lowest BCUT2D eigenvalue weighted by atomic mass is 10.1. The third kappa shape index (κ3) is 9.53. The lowest BCUT2D eigenvalue weighted by Gasteiger charge is -2.06. The summed E-state index contributed by atoms with van der Waals surface area (Å²) >= 11 is 2.20. The zero-order valence-electron chi connectivity index (χ0n) is 19.8. The van der Waals surface area contributed by atoms with E-state index in [4.69, 9.17) is 9.47 Å². The second kappa shape index (κ2) is 14.3. The van der Waals surface area contributed by atoms with Crippen LogP contribution in [0, 0.1) is 3.57 Å². The van der Waals surface area contributed by atoms with Crippen LogP contribution in [0.5, 0.6) is 11.5 Å². The summed E-state index contributed by atoms with van der Waals surface area (Å²) in [6.45, 7) is 2.91. The first kappa shape index (κ1) is 26.4. The minimum atomic E-state index is -0.460. The van der Waals surface area contributed by atoms with Crippen molar-refractivity contribution in [3.8, 4) is 11.5 Å². The predicted molar refractivity (Wildman–Crippen MR) is 150 cm³/mol. The van der Waals surface area contributed by atoms with Crippen molar-refractivity contribution in [2.24, 2.45) is 0 Å². The van der Waals surface area contributed by atoms with Gasteiger partial charge in [-0.15, -0.1) is 0 Å². The maximum atomic E-state index is 12.3. The number of hydrogen-bond acceptors (Lipinski definition) is 4. The molecule has 0 atom stereocenters. The van der Waals surface area contributed by atoms with Gasteiger partial charge in [0.05, 0.1) is 6.61 Å². The lowest BCUT2D eigenvalue weighted by molar-refractivity contribution is -0.128. The van der Waals surface area contributed by atoms with Gasteiger partial charge in [0.1, 0.15) is 11.5 Å². The Hall–Kier alpha value is -3.19. The van der Waals surface area contributed by atoms with E-state index in [1.807, 2.05) is 48.5 Å². The minimum absolute atomic E-state index is 0.0615. The molecule has 0 aliphatic heterocycles. The molecule has 0 radical (unpaired) electrons. The molecule has 3 rings (SSSR count). The molecule has 0 heterocycles. The van der Waals surface area contributed by atoms with Gasteiger partial charge < -0.3 is 9.47 Å². The number of benzene rings is 3. The van der Waals surface area contributed by atoms with Gasteiger partial charge >= 0.3 is 5.97 Å². The van der Waals surface area contributed by atoms with E-state index in [2.05, 4.69) is 29.5 Å². The lowest BCUT2D eigenvalue weighted by Crippen LogP contribution is -2.03. The second-order valence-corrected chi connectivity index (χ2v) is 9.25. The zero-order valence-corrected chi connectivity index (χ0v) is 21.9. The second-order valence-electron chi connectivity index (χ2n) is 8.01. The molecule has 0 saturated heterocycles. The minimum Gasteiger partial charge on any atom is -0.494 e. The molecule has 0 saturated carbocycles. The Kier molecular flexibility index (Phi) is 10.8. The van der Waals surface area contributed by atoms with Gasteiger partial charge in [0.15, 0.2) is 5.78 Å². The summed E-state index contributed by atoms with van der Waals surface area (Å²) in [6.07, 6.45) is 11.1. The Morgan fingerprint density at radius 1 is 0.743 bits per heavy atom. The summed E-state index contributed by atoms with van der Waals surface area (Å²) in [5, 5.41) is 0. The fourth-order valence-corrected chi connectivity index (χ4v) is 3.60. The molecule has 4 nitrogen and oxygen atoms in total. The molecular weight excluding hydrogens is 551 g/mol. The molecule has 0 fully saturated rings. The summed E-state index contributed by atoms with van der Waals surface area (Å²) in [7, 11) is 0. The summed E-state index contributed by atoms with van der Waals surface area (Å²) in [4.78, 5) is 24.4. The van der Waals surface area contributed by atoms with E-state index in [1.54, 1.807) is 36.4 Å². The van der Waals surface area contributed by atoms with Crippen molar-refractivity contribution >= 4 is 46.5 Å². The van der Waals surface area contributed by atoms with E-state index < -0.39 is 5.97 Å². The van der Waals surface area contributed by atoms with Crippen molar-refractivity contribution in [2.45, 2.75) is 32.6 Å². The third-order valence-electron chi connectivity index (χ3n) is 5.21. The largest absolute Gasteiger partial charge is 0.494 e. The Balaban J connectivity index is 1.45. The molecule has 0 bridgehead atoms. The topological polar surface area (TPSA) is 52.6 Å². The average molecular weight is 580 g/mol. The Morgan fingerprint density at radius 2 is 1.34 bits per heavy atom. The van der Waals surface area contributed by atoms with Crippen LogP contribution in [0.15, 0.2) is 84.9 Å². The number of esters is 1. The van der Waals surface area contributed by atoms with Crippen molar-refractivity contribution < 1.29 is 19.1 Å². The fourth-order valence-electron chi connectivity index (χ4n) is 3.24. The van der Waals surface area contributed by atoms with Crippen molar-refractivity contribution in [1.82, 2.24) is 0 Å². The normalized spacial score (nSPS) is 11.1. The SMILES string of the molecule is CCCCCCOc1ccc(/C=C/C(=O)Oc2ccc(/C=C/C(=O)c3ccc(I)cc3)cc2)cc1. The molecule has 5 heteroatoms. The number of allylic oxidation sites excluding steroid dienone is 1. The van der Waals surface area contributed by atoms with Crippen LogP contribution >= 0.6 is 22.6 Å². The van der Waals surface area contributed by atoms with Crippen LogP contribution in [0.3, 0.4) is 0 Å². The van der Waals surface area contributed by atoms with Gasteiger partial charge in [0, 0.05) is 15.2 Å². The number of halogens is 1. The van der Waals surface area contributed by atoms with Crippen LogP contribution in [-0.4, -0.2) is 18.4 Å². The van der Waals surface area contributed by atoms with Gasteiger partial charge in [0.2, 0.25) is 0 Å². The van der Waals surface area contributed by atoms with Gasteiger partial charge in [-0.25, -0.2) is 4.79 Å². The van der Waals surface area contributed by atoms with Crippen molar-refractivity contribution in [3.05, 3.63) is 105 Å². The summed E-state index contributed by atoms with van der Waals surface area (Å²) in [5.41, 5.74) is 2.37. The smallest absolute Gasteiger partial charge is 0.336 e. The highest BCUT2D eigenvalue weighted by Gasteiger charge is 2.03. The first-order valence-electron chi connectivity index (χ1n) is 11.7. The molecule has 180 valence electrons. The first-order valence-corrected chi connectivity index (χ1v) is 12.8. The number of carbonyl (C=O) groups excluding carboxylic acids is 2. The van der Waals surface area contributed by atoms with Crippen molar-refractivity contribution in [1.29, 1.82) is 0 Å². The van der Waals surface area contributed by atoms with Crippen molar-refractivity contribution in [2.75, 3.05) is 6.61 Å². The van der Waals surface area contributed by atoms with E-state index in [0.717, 1.165) is 33.5 Å². The van der Waals surface area contributed by atoms with Gasteiger partial charge in [-0.1, -0.05) is 68.7 Å². The highest BCUT2D eigenvalue weighted by molar-refractivity contribution is 14.1. The summed E-state index contributed by atoms with van der Waals surface area (Å²) in [6, 6.07) is 22.0. The molecular formula is C30H29IO4. The number of carbonyl (C=O) groups is 2. The van der Waals surface area contributed by atoms with Gasteiger partial charge in [-0.2, -0.15) is 0 Å². The van der Waals surface area contributed by atoms with Crippen LogP contribution in [-0.2, 0) is 4.79 Å². The third-order valence-corrected chi connectivity index (χ3v) is 5.93. The number of rotatable bonds is 12. The molecule has 0 aliphatic carbocycles. The molecule has 0 spiro atoms. The Bertz CT molecular complexity index is 1140. The van der Waals surface area contributed by atoms with Crippen LogP contribution in [0.2, 0.25) is 0 Å². The number of unbranched alkanes of at least 4 members (excludes halogenated alkanes) is 3. The number of hydrogen-bond donors (Lipinski definition) is 0. The van der Waals surface area contributed by atoms with Gasteiger partial charge in [0.25, 0.3) is 0 Å². The summed E-state index contributed by atoms with van der Waals surface area (Å²) < 4.78 is 12.2. The van der Waals surface area contributed by atoms with E-state index in [1.165, 1.54) is 31.4 Å². The fraction of sp³-hybridized carbons (Fsp3) is 0.200. The van der Waals surface area contributed by atoms with E-state index in [0.29, 0.717) is 11.3 Å². The molecule has 0 amide bonds. The van der Waals surface area contributed by atoms with Crippen LogP contribution in [0.25, 0.3) is 12.2 Å². The molecule has 0 aliphatic rings. The summed E-state index contributed by atoms with van der Waals surface area (Å²) in [5.74, 6) is 0.746. The quantitative estimate of drug-likeness (QED) is 0.0549. The number of ketones is 1. The highest BCUT2D eigenvalue weighted by Crippen LogP contribution is 2.16. The maximum absolute atomic E-state index is 12.3. The first-order chi connectivity index (χ1) is 17.0. The van der Waals surface area contributed by atoms with E-state index in [9.17, 15) is 9.59 Å². The molecule has 3 aromatic carbocycles. The molecule has 0 aromatic heterocycles. The molecule has 0 unspecified atom stereocenters. The van der Waals surface area contributed by atoms with Gasteiger partial charge in [-0.05, 0) is 88.7 Å². The molecule has 3 aromatic rings. The monoisotopic (exact) mass is 580 g/mol. The van der Waals surface area contributed by atoms with E-state index >= 15 is 0 Å². The van der Waals surface area contributed by atoms with Crippen LogP contribution in [0.1, 0.15) is 54.1 Å². The molecule has 0 N–H and O–H groups in total. The zero-order chi connectivity index (χ0) is 24.9. The van der Waals surface area contributed by atoms with Crippen LogP contribution < -0.4 is 9.47 Å². The highest BCUT2D eigenvalue weighted by atomic mass is 127. The maximum Gasteiger partial charge on any atom is 0.336 e. The Morgan fingerprint density at radius 3 is 1.97 bits per heavy atom.